The first-order valence-electron chi connectivity index (χ1n) is 7.14. The Kier molecular flexibility index (Phi) is 7.51. The van der Waals surface area contributed by atoms with Gasteiger partial charge in [-0.05, 0) is 36.6 Å². The molecule has 1 rings (SSSR count). The van der Waals surface area contributed by atoms with Crippen molar-refractivity contribution >= 4 is 0 Å². The molecule has 2 heteroatoms. The molecule has 0 fully saturated rings. The van der Waals surface area contributed by atoms with E-state index in [0.29, 0.717) is 5.92 Å². The molecular weight excluding hydrogens is 222 g/mol. The van der Waals surface area contributed by atoms with Gasteiger partial charge in [0.05, 0.1) is 6.61 Å². The molecule has 0 aliphatic carbocycles. The predicted molar refractivity (Wildman–Crippen MR) is 78.0 cm³/mol. The second kappa shape index (κ2) is 8.98. The molecule has 0 aliphatic rings. The van der Waals surface area contributed by atoms with E-state index in [2.05, 4.69) is 50.4 Å². The Morgan fingerprint density at radius 3 is 2.44 bits per heavy atom. The van der Waals surface area contributed by atoms with Gasteiger partial charge < -0.3 is 10.1 Å². The van der Waals surface area contributed by atoms with E-state index < -0.39 is 0 Å². The molecule has 0 saturated carbocycles. The van der Waals surface area contributed by atoms with Crippen molar-refractivity contribution in [3.63, 3.8) is 0 Å². The van der Waals surface area contributed by atoms with Crippen LogP contribution >= 0.6 is 0 Å². The van der Waals surface area contributed by atoms with Crippen LogP contribution in [0.15, 0.2) is 24.3 Å². The van der Waals surface area contributed by atoms with Crippen molar-refractivity contribution in [3.05, 3.63) is 29.8 Å². The van der Waals surface area contributed by atoms with Gasteiger partial charge in [0, 0.05) is 6.54 Å². The molecule has 18 heavy (non-hydrogen) atoms. The van der Waals surface area contributed by atoms with Crippen LogP contribution in [-0.2, 0) is 6.54 Å². The van der Waals surface area contributed by atoms with Crippen LogP contribution in [0, 0.1) is 5.92 Å². The lowest BCUT2D eigenvalue weighted by Gasteiger charge is -2.09. The largest absolute Gasteiger partial charge is 0.493 e. The highest BCUT2D eigenvalue weighted by Crippen LogP contribution is 2.13. The molecule has 0 amide bonds. The minimum absolute atomic E-state index is 0.574. The number of unbranched alkanes of at least 4 members (excludes halogenated alkanes) is 2. The molecule has 0 radical (unpaired) electrons. The second-order valence-corrected chi connectivity index (χ2v) is 5.23. The van der Waals surface area contributed by atoms with E-state index in [9.17, 15) is 0 Å². The zero-order valence-corrected chi connectivity index (χ0v) is 12.0. The fraction of sp³-hybridized carbons (Fsp3) is 0.625. The molecule has 0 aromatic heterocycles. The van der Waals surface area contributed by atoms with E-state index >= 15 is 0 Å². The van der Waals surface area contributed by atoms with Crippen LogP contribution in [0.2, 0.25) is 0 Å². The fourth-order valence-electron chi connectivity index (χ4n) is 1.70. The standard InChI is InChI=1S/C16H27NO/c1-4-5-6-11-17-12-15-7-9-16(10-8-15)18-13-14(2)3/h7-10,14,17H,4-6,11-13H2,1-3H3. The Hall–Kier alpha value is -1.02. The van der Waals surface area contributed by atoms with Crippen molar-refractivity contribution in [3.8, 4) is 5.75 Å². The summed E-state index contributed by atoms with van der Waals surface area (Å²) in [5.74, 6) is 1.54. The Labute approximate surface area is 112 Å². The maximum absolute atomic E-state index is 5.66. The van der Waals surface area contributed by atoms with Crippen molar-refractivity contribution in [2.24, 2.45) is 5.92 Å². The first-order chi connectivity index (χ1) is 8.72. The minimum atomic E-state index is 0.574. The SMILES string of the molecule is CCCCCNCc1ccc(OCC(C)C)cc1. The van der Waals surface area contributed by atoms with E-state index in [4.69, 9.17) is 4.74 Å². The molecule has 1 aromatic carbocycles. The van der Waals surface area contributed by atoms with Crippen molar-refractivity contribution < 1.29 is 4.74 Å². The van der Waals surface area contributed by atoms with Gasteiger partial charge in [-0.25, -0.2) is 0 Å². The van der Waals surface area contributed by atoms with E-state index in [1.54, 1.807) is 0 Å². The number of benzene rings is 1. The van der Waals surface area contributed by atoms with Crippen molar-refractivity contribution in [1.82, 2.24) is 5.32 Å². The summed E-state index contributed by atoms with van der Waals surface area (Å²) < 4.78 is 5.66. The molecule has 1 aromatic rings. The molecule has 0 saturated heterocycles. The monoisotopic (exact) mass is 249 g/mol. The van der Waals surface area contributed by atoms with Crippen molar-refractivity contribution in [1.29, 1.82) is 0 Å². The Balaban J connectivity index is 2.23. The average molecular weight is 249 g/mol. The lowest BCUT2D eigenvalue weighted by atomic mass is 10.2. The van der Waals surface area contributed by atoms with E-state index in [-0.39, 0.29) is 0 Å². The smallest absolute Gasteiger partial charge is 0.119 e. The summed E-state index contributed by atoms with van der Waals surface area (Å²) in [6.45, 7) is 9.40. The predicted octanol–water partition coefficient (Wildman–Crippen LogP) is 4.00. The van der Waals surface area contributed by atoms with E-state index in [1.807, 2.05) is 0 Å². The van der Waals surface area contributed by atoms with Crippen LogP contribution in [0.1, 0.15) is 45.6 Å². The Morgan fingerprint density at radius 1 is 1.11 bits per heavy atom. The van der Waals surface area contributed by atoms with Gasteiger partial charge in [-0.15, -0.1) is 0 Å². The third-order valence-corrected chi connectivity index (χ3v) is 2.79. The van der Waals surface area contributed by atoms with Crippen LogP contribution < -0.4 is 10.1 Å². The highest BCUT2D eigenvalue weighted by molar-refractivity contribution is 5.27. The summed E-state index contributed by atoms with van der Waals surface area (Å²) in [5.41, 5.74) is 1.32. The van der Waals surface area contributed by atoms with Crippen LogP contribution in [0.3, 0.4) is 0 Å². The zero-order valence-electron chi connectivity index (χ0n) is 12.0. The number of nitrogens with one attached hydrogen (secondary N) is 1. The number of hydrogen-bond donors (Lipinski definition) is 1. The van der Waals surface area contributed by atoms with Gasteiger partial charge in [-0.2, -0.15) is 0 Å². The van der Waals surface area contributed by atoms with Crippen LogP contribution in [0.25, 0.3) is 0 Å². The van der Waals surface area contributed by atoms with Crippen LogP contribution in [0.4, 0.5) is 0 Å². The third-order valence-electron chi connectivity index (χ3n) is 2.79. The lowest BCUT2D eigenvalue weighted by Crippen LogP contribution is -2.14. The van der Waals surface area contributed by atoms with Gasteiger partial charge in [-0.1, -0.05) is 45.7 Å². The summed E-state index contributed by atoms with van der Waals surface area (Å²) in [7, 11) is 0. The highest BCUT2D eigenvalue weighted by Gasteiger charge is 1.98. The molecule has 0 aliphatic heterocycles. The molecule has 1 N–H and O–H groups in total. The minimum Gasteiger partial charge on any atom is -0.493 e. The molecule has 0 spiro atoms. The molecular formula is C16H27NO. The molecule has 0 unspecified atom stereocenters. The van der Waals surface area contributed by atoms with Gasteiger partial charge in [0.25, 0.3) is 0 Å². The summed E-state index contributed by atoms with van der Waals surface area (Å²) in [6, 6.07) is 8.40. The summed E-state index contributed by atoms with van der Waals surface area (Å²) in [4.78, 5) is 0. The normalized spacial score (nSPS) is 10.9. The fourth-order valence-corrected chi connectivity index (χ4v) is 1.70. The average Bonchev–Trinajstić information content (AvgIpc) is 2.37. The first kappa shape index (κ1) is 15.0. The molecule has 0 atom stereocenters. The van der Waals surface area contributed by atoms with Crippen molar-refractivity contribution in [2.45, 2.75) is 46.6 Å². The van der Waals surface area contributed by atoms with Gasteiger partial charge in [0.2, 0.25) is 0 Å². The Bertz CT molecular complexity index is 305. The maximum Gasteiger partial charge on any atom is 0.119 e. The third kappa shape index (κ3) is 6.65. The highest BCUT2D eigenvalue weighted by atomic mass is 16.5. The quantitative estimate of drug-likeness (QED) is 0.668. The maximum atomic E-state index is 5.66. The molecule has 2 nitrogen and oxygen atoms in total. The summed E-state index contributed by atoms with van der Waals surface area (Å²) >= 11 is 0. The van der Waals surface area contributed by atoms with Gasteiger partial charge in [0.1, 0.15) is 5.75 Å². The lowest BCUT2D eigenvalue weighted by molar-refractivity contribution is 0.271. The molecule has 102 valence electrons. The second-order valence-electron chi connectivity index (χ2n) is 5.23. The van der Waals surface area contributed by atoms with Gasteiger partial charge in [0.15, 0.2) is 0 Å². The summed E-state index contributed by atoms with van der Waals surface area (Å²) in [6.07, 6.45) is 3.87. The van der Waals surface area contributed by atoms with Crippen LogP contribution in [-0.4, -0.2) is 13.2 Å². The number of rotatable bonds is 9. The van der Waals surface area contributed by atoms with Gasteiger partial charge >= 0.3 is 0 Å². The van der Waals surface area contributed by atoms with Crippen LogP contribution in [0.5, 0.6) is 5.75 Å². The topological polar surface area (TPSA) is 21.3 Å². The van der Waals surface area contributed by atoms with E-state index in [1.165, 1.54) is 24.8 Å². The summed E-state index contributed by atoms with van der Waals surface area (Å²) in [5, 5.41) is 3.47. The molecule has 0 bridgehead atoms. The van der Waals surface area contributed by atoms with Crippen molar-refractivity contribution in [2.75, 3.05) is 13.2 Å². The molecule has 0 heterocycles. The number of ether oxygens (including phenoxy) is 1. The van der Waals surface area contributed by atoms with Gasteiger partial charge in [-0.3, -0.25) is 0 Å². The first-order valence-corrected chi connectivity index (χ1v) is 7.14. The number of hydrogen-bond acceptors (Lipinski definition) is 2. The van der Waals surface area contributed by atoms with E-state index in [0.717, 1.165) is 25.4 Å². The Morgan fingerprint density at radius 2 is 1.83 bits per heavy atom. The zero-order chi connectivity index (χ0) is 13.2.